The molecule has 0 aliphatic heterocycles. The Hall–Kier alpha value is -2.05. The average molecular weight is 371 g/mol. The molecule has 1 aromatic rings. The van der Waals surface area contributed by atoms with Gasteiger partial charge in [-0.15, -0.1) is 0 Å². The van der Waals surface area contributed by atoms with E-state index in [-0.39, 0.29) is 11.7 Å². The van der Waals surface area contributed by atoms with E-state index in [4.69, 9.17) is 4.74 Å². The molecule has 1 aliphatic carbocycles. The predicted octanol–water partition coefficient (Wildman–Crippen LogP) is 4.81. The van der Waals surface area contributed by atoms with Crippen molar-refractivity contribution in [2.24, 2.45) is 5.92 Å². The SMILES string of the molecule is CC1CCC[C@@](NC(=O)OC(C)(C)C)(c2ccc(C(F)(F)F)cc2)C1=O. The second kappa shape index (κ2) is 6.93. The number of rotatable bonds is 2. The lowest BCUT2D eigenvalue weighted by Gasteiger charge is -2.40. The van der Waals surface area contributed by atoms with Gasteiger partial charge < -0.3 is 10.1 Å². The highest BCUT2D eigenvalue weighted by Crippen LogP contribution is 2.39. The summed E-state index contributed by atoms with van der Waals surface area (Å²) < 4.78 is 43.8. The van der Waals surface area contributed by atoms with Crippen LogP contribution in [-0.2, 0) is 21.2 Å². The molecular weight excluding hydrogens is 347 g/mol. The number of nitrogens with one attached hydrogen (secondary N) is 1. The van der Waals surface area contributed by atoms with Crippen molar-refractivity contribution in [3.05, 3.63) is 35.4 Å². The summed E-state index contributed by atoms with van der Waals surface area (Å²) in [5, 5.41) is 2.65. The van der Waals surface area contributed by atoms with Gasteiger partial charge in [0.15, 0.2) is 5.78 Å². The van der Waals surface area contributed by atoms with E-state index >= 15 is 0 Å². The molecule has 1 unspecified atom stereocenters. The van der Waals surface area contributed by atoms with E-state index in [1.165, 1.54) is 12.1 Å². The molecule has 0 spiro atoms. The van der Waals surface area contributed by atoms with E-state index in [1.807, 2.05) is 0 Å². The van der Waals surface area contributed by atoms with Crippen LogP contribution in [0, 0.1) is 5.92 Å². The van der Waals surface area contributed by atoms with Crippen LogP contribution in [0.25, 0.3) is 0 Å². The maximum absolute atomic E-state index is 12.9. The van der Waals surface area contributed by atoms with E-state index in [0.29, 0.717) is 24.8 Å². The van der Waals surface area contributed by atoms with E-state index < -0.39 is 29.0 Å². The third-order valence-corrected chi connectivity index (χ3v) is 4.48. The van der Waals surface area contributed by atoms with Crippen molar-refractivity contribution < 1.29 is 27.5 Å². The zero-order valence-electron chi connectivity index (χ0n) is 15.4. The Kier molecular flexibility index (Phi) is 5.40. The zero-order chi connectivity index (χ0) is 19.8. The van der Waals surface area contributed by atoms with Gasteiger partial charge in [-0.3, -0.25) is 4.79 Å². The fourth-order valence-corrected chi connectivity index (χ4v) is 3.25. The molecule has 0 saturated heterocycles. The highest BCUT2D eigenvalue weighted by atomic mass is 19.4. The molecule has 1 amide bonds. The minimum Gasteiger partial charge on any atom is -0.444 e. The van der Waals surface area contributed by atoms with Crippen molar-refractivity contribution in [2.75, 3.05) is 0 Å². The van der Waals surface area contributed by atoms with Crippen LogP contribution < -0.4 is 5.32 Å². The zero-order valence-corrected chi connectivity index (χ0v) is 15.4. The van der Waals surface area contributed by atoms with Crippen molar-refractivity contribution in [3.8, 4) is 0 Å². The van der Waals surface area contributed by atoms with Gasteiger partial charge in [0.05, 0.1) is 5.56 Å². The second-order valence-corrected chi connectivity index (χ2v) is 7.76. The van der Waals surface area contributed by atoms with Gasteiger partial charge in [0.1, 0.15) is 11.1 Å². The third-order valence-electron chi connectivity index (χ3n) is 4.48. The Balaban J connectivity index is 2.41. The van der Waals surface area contributed by atoms with E-state index in [0.717, 1.165) is 12.1 Å². The fourth-order valence-electron chi connectivity index (χ4n) is 3.25. The second-order valence-electron chi connectivity index (χ2n) is 7.76. The number of carbonyl (C=O) groups is 2. The first-order valence-electron chi connectivity index (χ1n) is 8.58. The van der Waals surface area contributed by atoms with Crippen LogP contribution in [0.4, 0.5) is 18.0 Å². The molecule has 7 heteroatoms. The number of ketones is 1. The number of hydrogen-bond acceptors (Lipinski definition) is 3. The van der Waals surface area contributed by atoms with Crippen molar-refractivity contribution in [3.63, 3.8) is 0 Å². The van der Waals surface area contributed by atoms with Crippen LogP contribution in [0.1, 0.15) is 58.1 Å². The number of benzene rings is 1. The number of alkyl halides is 3. The molecule has 4 nitrogen and oxygen atoms in total. The average Bonchev–Trinajstić information content (AvgIpc) is 2.49. The van der Waals surface area contributed by atoms with Crippen molar-refractivity contribution >= 4 is 11.9 Å². The highest BCUT2D eigenvalue weighted by molar-refractivity contribution is 5.94. The quantitative estimate of drug-likeness (QED) is 0.811. The number of amides is 1. The molecule has 2 rings (SSSR count). The molecule has 0 bridgehead atoms. The summed E-state index contributed by atoms with van der Waals surface area (Å²) in [6.45, 7) is 6.85. The molecule has 0 heterocycles. The van der Waals surface area contributed by atoms with Crippen molar-refractivity contribution in [2.45, 2.75) is 64.3 Å². The molecule has 144 valence electrons. The van der Waals surface area contributed by atoms with Crippen LogP contribution in [0.5, 0.6) is 0 Å². The van der Waals surface area contributed by atoms with Gasteiger partial charge in [-0.25, -0.2) is 4.79 Å². The van der Waals surface area contributed by atoms with Gasteiger partial charge in [-0.05, 0) is 57.7 Å². The molecule has 1 aromatic carbocycles. The lowest BCUT2D eigenvalue weighted by atomic mass is 9.71. The molecule has 2 atom stereocenters. The number of ether oxygens (including phenoxy) is 1. The molecular formula is C19H24F3NO3. The third kappa shape index (κ3) is 4.37. The molecule has 0 radical (unpaired) electrons. The Morgan fingerprint density at radius 1 is 1.19 bits per heavy atom. The van der Waals surface area contributed by atoms with Gasteiger partial charge in [0.2, 0.25) is 0 Å². The normalized spacial score (nSPS) is 24.3. The Labute approximate surface area is 151 Å². The molecule has 1 N–H and O–H groups in total. The summed E-state index contributed by atoms with van der Waals surface area (Å²) >= 11 is 0. The standard InChI is InChI=1S/C19H24F3NO3/c1-12-6-5-11-18(15(12)24,23-16(25)26-17(2,3)4)13-7-9-14(10-8-13)19(20,21)22/h7-10,12H,5-6,11H2,1-4H3,(H,23,25)/t12?,18-/m1/s1. The van der Waals surface area contributed by atoms with Crippen molar-refractivity contribution in [1.29, 1.82) is 0 Å². The van der Waals surface area contributed by atoms with Gasteiger partial charge in [0.25, 0.3) is 0 Å². The molecule has 0 aromatic heterocycles. The summed E-state index contributed by atoms with van der Waals surface area (Å²) in [6.07, 6.45) is -3.56. The lowest BCUT2D eigenvalue weighted by molar-refractivity contribution is -0.137. The molecule has 1 fully saturated rings. The fraction of sp³-hybridized carbons (Fsp3) is 0.579. The van der Waals surface area contributed by atoms with Crippen LogP contribution in [-0.4, -0.2) is 17.5 Å². The largest absolute Gasteiger partial charge is 0.444 e. The number of halogens is 3. The summed E-state index contributed by atoms with van der Waals surface area (Å²) in [6, 6.07) is 4.38. The van der Waals surface area contributed by atoms with Crippen LogP contribution in [0.2, 0.25) is 0 Å². The first-order valence-corrected chi connectivity index (χ1v) is 8.58. The maximum Gasteiger partial charge on any atom is 0.416 e. The molecule has 26 heavy (non-hydrogen) atoms. The minimum atomic E-state index is -4.46. The summed E-state index contributed by atoms with van der Waals surface area (Å²) in [7, 11) is 0. The van der Waals surface area contributed by atoms with Gasteiger partial charge >= 0.3 is 12.3 Å². The van der Waals surface area contributed by atoms with Crippen LogP contribution in [0.15, 0.2) is 24.3 Å². The Bertz CT molecular complexity index is 677. The number of carbonyl (C=O) groups excluding carboxylic acids is 2. The van der Waals surface area contributed by atoms with Crippen LogP contribution >= 0.6 is 0 Å². The minimum absolute atomic E-state index is 0.214. The number of hydrogen-bond donors (Lipinski definition) is 1. The highest BCUT2D eigenvalue weighted by Gasteiger charge is 2.46. The van der Waals surface area contributed by atoms with Gasteiger partial charge in [0, 0.05) is 5.92 Å². The molecule has 1 saturated carbocycles. The Morgan fingerprint density at radius 3 is 2.27 bits per heavy atom. The maximum atomic E-state index is 12.9. The lowest BCUT2D eigenvalue weighted by Crippen LogP contribution is -2.56. The van der Waals surface area contributed by atoms with Crippen molar-refractivity contribution in [1.82, 2.24) is 5.32 Å². The molecule has 1 aliphatic rings. The smallest absolute Gasteiger partial charge is 0.416 e. The number of Topliss-reactive ketones (excluding diaryl/α,β-unsaturated/α-hetero) is 1. The summed E-state index contributed by atoms with van der Waals surface area (Å²) in [5.74, 6) is -0.518. The Morgan fingerprint density at radius 2 is 1.77 bits per heavy atom. The summed E-state index contributed by atoms with van der Waals surface area (Å²) in [5.41, 5.74) is -2.59. The van der Waals surface area contributed by atoms with E-state index in [1.54, 1.807) is 27.7 Å². The van der Waals surface area contributed by atoms with Crippen LogP contribution in [0.3, 0.4) is 0 Å². The van der Waals surface area contributed by atoms with Gasteiger partial charge in [-0.2, -0.15) is 13.2 Å². The first kappa shape index (κ1) is 20.3. The van der Waals surface area contributed by atoms with E-state index in [2.05, 4.69) is 5.32 Å². The first-order chi connectivity index (χ1) is 11.8. The number of alkyl carbamates (subject to hydrolysis) is 1. The van der Waals surface area contributed by atoms with Gasteiger partial charge in [-0.1, -0.05) is 19.1 Å². The topological polar surface area (TPSA) is 55.4 Å². The van der Waals surface area contributed by atoms with E-state index in [9.17, 15) is 22.8 Å². The predicted molar refractivity (Wildman–Crippen MR) is 90.5 cm³/mol. The monoisotopic (exact) mass is 371 g/mol. The summed E-state index contributed by atoms with van der Waals surface area (Å²) in [4.78, 5) is 25.3.